The van der Waals surface area contributed by atoms with E-state index in [0.717, 1.165) is 54.4 Å². The molecule has 1 fully saturated rings. The number of aromatic nitrogens is 2. The van der Waals surface area contributed by atoms with Gasteiger partial charge in [0, 0.05) is 19.0 Å². The molecular weight excluding hydrogens is 318 g/mol. The summed E-state index contributed by atoms with van der Waals surface area (Å²) in [5, 5.41) is 10.8. The number of nitrogens with zero attached hydrogens (tertiary/aromatic N) is 3. The minimum atomic E-state index is -0.0176. The Morgan fingerprint density at radius 3 is 2.50 bits per heavy atom. The van der Waals surface area contributed by atoms with Gasteiger partial charge in [0.05, 0.1) is 5.92 Å². The van der Waals surface area contributed by atoms with Crippen LogP contribution >= 0.6 is 11.3 Å². The lowest BCUT2D eigenvalue weighted by atomic mass is 9.92. The molecule has 0 spiro atoms. The number of amides is 1. The SMILES string of the molecule is CCc1nnc(C2CCN(C(=O)[C@H](CC)c3ccccc3)CC2)s1. The lowest BCUT2D eigenvalue weighted by Gasteiger charge is -2.33. The molecule has 0 N–H and O–H groups in total. The van der Waals surface area contributed by atoms with E-state index in [4.69, 9.17) is 0 Å². The Kier molecular flexibility index (Phi) is 5.61. The number of likely N-dealkylation sites (tertiary alicyclic amines) is 1. The van der Waals surface area contributed by atoms with Crippen LogP contribution < -0.4 is 0 Å². The first-order valence-corrected chi connectivity index (χ1v) is 9.70. The number of hydrogen-bond acceptors (Lipinski definition) is 4. The summed E-state index contributed by atoms with van der Waals surface area (Å²) in [5.41, 5.74) is 1.13. The standard InChI is InChI=1S/C19H25N3OS/c1-3-16(14-8-6-5-7-9-14)19(23)22-12-10-15(11-13-22)18-21-20-17(4-2)24-18/h5-9,15-16H,3-4,10-13H2,1-2H3/t16-/m1/s1. The summed E-state index contributed by atoms with van der Waals surface area (Å²) in [6.45, 7) is 5.86. The number of hydrogen-bond donors (Lipinski definition) is 0. The highest BCUT2D eigenvalue weighted by molar-refractivity contribution is 7.11. The zero-order chi connectivity index (χ0) is 16.9. The second-order valence-corrected chi connectivity index (χ2v) is 7.45. The zero-order valence-electron chi connectivity index (χ0n) is 14.4. The summed E-state index contributed by atoms with van der Waals surface area (Å²) in [6.07, 6.45) is 3.79. The highest BCUT2D eigenvalue weighted by Crippen LogP contribution is 2.32. The molecule has 0 bridgehead atoms. The van der Waals surface area contributed by atoms with Crippen molar-refractivity contribution in [1.29, 1.82) is 0 Å². The Morgan fingerprint density at radius 1 is 1.21 bits per heavy atom. The molecule has 3 rings (SSSR count). The molecule has 0 aliphatic carbocycles. The first-order chi connectivity index (χ1) is 11.7. The first kappa shape index (κ1) is 17.1. The van der Waals surface area contributed by atoms with Crippen molar-refractivity contribution < 1.29 is 4.79 Å². The molecule has 1 atom stereocenters. The van der Waals surface area contributed by atoms with Gasteiger partial charge >= 0.3 is 0 Å². The van der Waals surface area contributed by atoms with E-state index in [-0.39, 0.29) is 11.8 Å². The van der Waals surface area contributed by atoms with Gasteiger partial charge in [0.15, 0.2) is 0 Å². The predicted molar refractivity (Wildman–Crippen MR) is 97.3 cm³/mol. The molecular formula is C19H25N3OS. The second kappa shape index (κ2) is 7.88. The van der Waals surface area contributed by atoms with Crippen LogP contribution in [0.3, 0.4) is 0 Å². The molecule has 2 aromatic rings. The fourth-order valence-corrected chi connectivity index (χ4v) is 4.33. The smallest absolute Gasteiger partial charge is 0.230 e. The fourth-order valence-electron chi connectivity index (χ4n) is 3.38. The third-order valence-corrected chi connectivity index (χ3v) is 6.08. The van der Waals surface area contributed by atoms with Crippen LogP contribution in [0.4, 0.5) is 0 Å². The summed E-state index contributed by atoms with van der Waals surface area (Å²) in [7, 11) is 0. The lowest BCUT2D eigenvalue weighted by molar-refractivity contribution is -0.134. The number of piperidine rings is 1. The maximum Gasteiger partial charge on any atom is 0.230 e. The van der Waals surface area contributed by atoms with E-state index in [1.54, 1.807) is 11.3 Å². The Bertz CT molecular complexity index is 662. The molecule has 5 heteroatoms. The predicted octanol–water partition coefficient (Wildman–Crippen LogP) is 4.00. The van der Waals surface area contributed by atoms with Gasteiger partial charge in [0.1, 0.15) is 10.0 Å². The lowest BCUT2D eigenvalue weighted by Crippen LogP contribution is -2.40. The minimum Gasteiger partial charge on any atom is -0.342 e. The highest BCUT2D eigenvalue weighted by atomic mass is 32.1. The summed E-state index contributed by atoms with van der Waals surface area (Å²) in [6, 6.07) is 10.1. The van der Waals surface area contributed by atoms with E-state index in [1.807, 2.05) is 23.1 Å². The van der Waals surface area contributed by atoms with Crippen molar-refractivity contribution in [2.24, 2.45) is 0 Å². The topological polar surface area (TPSA) is 46.1 Å². The Balaban J connectivity index is 1.62. The van der Waals surface area contributed by atoms with Crippen molar-refractivity contribution >= 4 is 17.2 Å². The van der Waals surface area contributed by atoms with Gasteiger partial charge in [-0.05, 0) is 31.2 Å². The maximum atomic E-state index is 12.9. The molecule has 4 nitrogen and oxygen atoms in total. The van der Waals surface area contributed by atoms with E-state index in [2.05, 4.69) is 36.2 Å². The van der Waals surface area contributed by atoms with Crippen molar-refractivity contribution in [1.82, 2.24) is 15.1 Å². The van der Waals surface area contributed by atoms with Gasteiger partial charge in [-0.1, -0.05) is 44.2 Å². The largest absolute Gasteiger partial charge is 0.342 e. The van der Waals surface area contributed by atoms with Crippen LogP contribution in [0.1, 0.15) is 60.5 Å². The number of carbonyl (C=O) groups excluding carboxylic acids is 1. The molecule has 1 aliphatic heterocycles. The molecule has 0 saturated carbocycles. The molecule has 128 valence electrons. The summed E-state index contributed by atoms with van der Waals surface area (Å²) in [4.78, 5) is 15.0. The van der Waals surface area contributed by atoms with Gasteiger partial charge in [0.2, 0.25) is 5.91 Å². The molecule has 24 heavy (non-hydrogen) atoms. The quantitative estimate of drug-likeness (QED) is 0.824. The summed E-state index contributed by atoms with van der Waals surface area (Å²) in [5.74, 6) is 0.716. The minimum absolute atomic E-state index is 0.0176. The Hall–Kier alpha value is -1.75. The molecule has 1 amide bonds. The number of aryl methyl sites for hydroxylation is 1. The molecule has 1 aromatic heterocycles. The molecule has 1 aliphatic rings. The van der Waals surface area contributed by atoms with Gasteiger partial charge in [-0.25, -0.2) is 0 Å². The average molecular weight is 343 g/mol. The van der Waals surface area contributed by atoms with E-state index in [0.29, 0.717) is 5.92 Å². The highest BCUT2D eigenvalue weighted by Gasteiger charge is 2.29. The maximum absolute atomic E-state index is 12.9. The molecule has 2 heterocycles. The van der Waals surface area contributed by atoms with Crippen LogP contribution in [0.25, 0.3) is 0 Å². The normalized spacial score (nSPS) is 17.0. The van der Waals surface area contributed by atoms with Crippen molar-refractivity contribution in [3.05, 3.63) is 45.9 Å². The zero-order valence-corrected chi connectivity index (χ0v) is 15.3. The number of carbonyl (C=O) groups is 1. The third-order valence-electron chi connectivity index (χ3n) is 4.85. The van der Waals surface area contributed by atoms with Crippen LogP contribution in [0.5, 0.6) is 0 Å². The average Bonchev–Trinajstić information content (AvgIpc) is 3.12. The van der Waals surface area contributed by atoms with E-state index >= 15 is 0 Å². The van der Waals surface area contributed by atoms with Gasteiger partial charge in [-0.2, -0.15) is 0 Å². The van der Waals surface area contributed by atoms with Crippen LogP contribution in [-0.2, 0) is 11.2 Å². The van der Waals surface area contributed by atoms with Crippen molar-refractivity contribution in [3.8, 4) is 0 Å². The Morgan fingerprint density at radius 2 is 1.92 bits per heavy atom. The third kappa shape index (κ3) is 3.66. The molecule has 1 saturated heterocycles. The van der Waals surface area contributed by atoms with Crippen LogP contribution in [0.15, 0.2) is 30.3 Å². The summed E-state index contributed by atoms with van der Waals surface area (Å²) < 4.78 is 0. The molecule has 0 radical (unpaired) electrons. The Labute approximate surface area is 147 Å². The van der Waals surface area contributed by atoms with Crippen LogP contribution in [0.2, 0.25) is 0 Å². The monoisotopic (exact) mass is 343 g/mol. The van der Waals surface area contributed by atoms with Crippen molar-refractivity contribution in [2.45, 2.75) is 51.4 Å². The molecule has 1 aromatic carbocycles. The van der Waals surface area contributed by atoms with E-state index in [1.165, 1.54) is 0 Å². The van der Waals surface area contributed by atoms with Crippen molar-refractivity contribution in [3.63, 3.8) is 0 Å². The van der Waals surface area contributed by atoms with Crippen LogP contribution in [-0.4, -0.2) is 34.1 Å². The number of benzene rings is 1. The van der Waals surface area contributed by atoms with Crippen molar-refractivity contribution in [2.75, 3.05) is 13.1 Å². The van der Waals surface area contributed by atoms with Crippen LogP contribution in [0, 0.1) is 0 Å². The number of rotatable bonds is 5. The van der Waals surface area contributed by atoms with Gasteiger partial charge in [-0.15, -0.1) is 21.5 Å². The van der Waals surface area contributed by atoms with Gasteiger partial charge in [-0.3, -0.25) is 4.79 Å². The van der Waals surface area contributed by atoms with Gasteiger partial charge in [0.25, 0.3) is 0 Å². The van der Waals surface area contributed by atoms with Gasteiger partial charge < -0.3 is 4.90 Å². The summed E-state index contributed by atoms with van der Waals surface area (Å²) >= 11 is 1.73. The fraction of sp³-hybridized carbons (Fsp3) is 0.526. The van der Waals surface area contributed by atoms with E-state index < -0.39 is 0 Å². The molecule has 0 unspecified atom stereocenters. The second-order valence-electron chi connectivity index (χ2n) is 6.36. The van der Waals surface area contributed by atoms with E-state index in [9.17, 15) is 4.79 Å². The first-order valence-electron chi connectivity index (χ1n) is 8.88.